The quantitative estimate of drug-likeness (QED) is 0.149. The summed E-state index contributed by atoms with van der Waals surface area (Å²) in [7, 11) is 0. The molecule has 0 bridgehead atoms. The van der Waals surface area contributed by atoms with E-state index in [-0.39, 0.29) is 0 Å². The predicted molar refractivity (Wildman–Crippen MR) is 228 cm³/mol. The van der Waals surface area contributed by atoms with E-state index >= 15 is 0 Å². The van der Waals surface area contributed by atoms with Crippen LogP contribution in [0.5, 0.6) is 0 Å². The lowest BCUT2D eigenvalue weighted by Gasteiger charge is -2.29. The number of furan rings is 1. The second-order valence-electron chi connectivity index (χ2n) is 16.5. The van der Waals surface area contributed by atoms with Crippen LogP contribution in [0.2, 0.25) is 0 Å². The molecule has 2 aliphatic rings. The molecule has 0 radical (unpaired) electrons. The lowest BCUT2D eigenvalue weighted by atomic mass is 9.99. The monoisotopic (exact) mass is 728 g/mol. The van der Waals surface area contributed by atoms with Crippen LogP contribution in [-0.4, -0.2) is 33.9 Å². The zero-order valence-corrected chi connectivity index (χ0v) is 34.3. The van der Waals surface area contributed by atoms with Crippen LogP contribution >= 0.6 is 0 Å². The van der Waals surface area contributed by atoms with Crippen LogP contribution in [0.15, 0.2) is 114 Å². The van der Waals surface area contributed by atoms with Crippen molar-refractivity contribution in [3.05, 3.63) is 137 Å². The Labute approximate surface area is 325 Å². The summed E-state index contributed by atoms with van der Waals surface area (Å²) >= 11 is 0. The first-order valence-electron chi connectivity index (χ1n) is 20.5. The van der Waals surface area contributed by atoms with Crippen LogP contribution in [0.25, 0.3) is 21.9 Å². The van der Waals surface area contributed by atoms with Gasteiger partial charge in [-0.05, 0) is 97.7 Å². The number of aromatic nitrogens is 2. The van der Waals surface area contributed by atoms with Gasteiger partial charge in [-0.3, -0.25) is 9.58 Å². The van der Waals surface area contributed by atoms with Crippen LogP contribution in [0.4, 0.5) is 0 Å². The van der Waals surface area contributed by atoms with Gasteiger partial charge >= 0.3 is 0 Å². The molecule has 0 saturated heterocycles. The topological polar surface area (TPSA) is 43.4 Å². The molecule has 1 aliphatic heterocycles. The normalized spacial score (nSPS) is 15.1. The standard InChI is InChI=1S/C13H19N.C12H16N2.C12H14O.C12H16O/c1-11(2)9-14-8-7-12-5-3-4-6-13(12)10-14;1-10(2)7-8-14-12-6-4-3-5-11(12)9-13-14;1-9(2)7-11-8-10-5-3-4-6-12(10)13-11;1-9(2)13-12-8-7-10-5-3-4-6-11(10)12/h3-6,11H,7-10H2,1-2H3;3-6,9-10H,7-8H2,1-2H3;3-6,8-9H,7H2,1-2H3;3-6,9,12H,7-8H2,1-2H3. The molecule has 5 heteroatoms. The minimum Gasteiger partial charge on any atom is -0.461 e. The summed E-state index contributed by atoms with van der Waals surface area (Å²) in [6.45, 7) is 22.3. The molecule has 3 heterocycles. The van der Waals surface area contributed by atoms with Crippen molar-refractivity contribution in [3.8, 4) is 0 Å². The number of ether oxygens (including phenoxy) is 1. The fourth-order valence-corrected chi connectivity index (χ4v) is 7.34. The fourth-order valence-electron chi connectivity index (χ4n) is 7.34. The zero-order valence-electron chi connectivity index (χ0n) is 34.3. The summed E-state index contributed by atoms with van der Waals surface area (Å²) in [6, 6.07) is 36.1. The molecule has 0 fully saturated rings. The number of benzene rings is 4. The van der Waals surface area contributed by atoms with Crippen LogP contribution in [0, 0.1) is 17.8 Å². The van der Waals surface area contributed by atoms with E-state index in [0.29, 0.717) is 18.1 Å². The van der Waals surface area contributed by atoms with Gasteiger partial charge in [0.25, 0.3) is 0 Å². The lowest BCUT2D eigenvalue weighted by Crippen LogP contribution is -2.33. The van der Waals surface area contributed by atoms with Crippen molar-refractivity contribution in [3.63, 3.8) is 0 Å². The Morgan fingerprint density at radius 1 is 0.704 bits per heavy atom. The summed E-state index contributed by atoms with van der Waals surface area (Å²) in [5.74, 6) is 3.26. The van der Waals surface area contributed by atoms with Crippen molar-refractivity contribution in [2.75, 3.05) is 13.1 Å². The molecule has 0 N–H and O–H groups in total. The molecule has 6 aromatic rings. The van der Waals surface area contributed by atoms with E-state index in [1.165, 1.54) is 65.3 Å². The summed E-state index contributed by atoms with van der Waals surface area (Å²) in [5.41, 5.74) is 8.18. The molecule has 0 saturated carbocycles. The number of fused-ring (bicyclic) bond motifs is 4. The molecule has 288 valence electrons. The lowest BCUT2D eigenvalue weighted by molar-refractivity contribution is 0.00790. The maximum absolute atomic E-state index is 5.84. The Morgan fingerprint density at radius 2 is 1.37 bits per heavy atom. The maximum atomic E-state index is 5.84. The fraction of sp³-hybridized carbons (Fsp3) is 0.449. The second-order valence-corrected chi connectivity index (χ2v) is 16.5. The second kappa shape index (κ2) is 20.5. The van der Waals surface area contributed by atoms with Crippen LogP contribution in [0.3, 0.4) is 0 Å². The highest BCUT2D eigenvalue weighted by Crippen LogP contribution is 2.34. The van der Waals surface area contributed by atoms with Crippen molar-refractivity contribution < 1.29 is 9.15 Å². The summed E-state index contributed by atoms with van der Waals surface area (Å²) in [6.07, 6.45) is 8.37. The Kier molecular flexibility index (Phi) is 15.5. The van der Waals surface area contributed by atoms with E-state index in [2.05, 4.69) is 155 Å². The summed E-state index contributed by atoms with van der Waals surface area (Å²) in [5, 5.41) is 6.82. The third-order valence-corrected chi connectivity index (χ3v) is 9.90. The van der Waals surface area contributed by atoms with Gasteiger partial charge in [0.15, 0.2) is 0 Å². The van der Waals surface area contributed by atoms with Crippen LogP contribution < -0.4 is 0 Å². The average Bonchev–Trinajstić information content (AvgIpc) is 3.87. The van der Waals surface area contributed by atoms with Gasteiger partial charge in [-0.15, -0.1) is 0 Å². The minimum absolute atomic E-state index is 0.330. The number of aryl methyl sites for hydroxylation is 2. The van der Waals surface area contributed by atoms with Gasteiger partial charge in [-0.1, -0.05) is 126 Å². The number of hydrogen-bond donors (Lipinski definition) is 0. The minimum atomic E-state index is 0.330. The highest BCUT2D eigenvalue weighted by Gasteiger charge is 2.23. The highest BCUT2D eigenvalue weighted by molar-refractivity contribution is 5.78. The van der Waals surface area contributed by atoms with Crippen molar-refractivity contribution in [1.29, 1.82) is 0 Å². The molecule has 1 atom stereocenters. The Balaban J connectivity index is 0.000000139. The van der Waals surface area contributed by atoms with Crippen molar-refractivity contribution in [2.24, 2.45) is 17.8 Å². The smallest absolute Gasteiger partial charge is 0.134 e. The van der Waals surface area contributed by atoms with Gasteiger partial charge in [0.1, 0.15) is 11.3 Å². The van der Waals surface area contributed by atoms with Gasteiger partial charge < -0.3 is 9.15 Å². The van der Waals surface area contributed by atoms with Gasteiger partial charge in [0.05, 0.1) is 23.9 Å². The third-order valence-electron chi connectivity index (χ3n) is 9.90. The summed E-state index contributed by atoms with van der Waals surface area (Å²) in [4.78, 5) is 2.56. The third kappa shape index (κ3) is 12.4. The number of rotatable bonds is 9. The van der Waals surface area contributed by atoms with E-state index in [1.807, 2.05) is 24.4 Å². The molecule has 4 aromatic carbocycles. The Morgan fingerprint density at radius 3 is 2.07 bits per heavy atom. The van der Waals surface area contributed by atoms with Crippen molar-refractivity contribution in [2.45, 2.75) is 113 Å². The maximum Gasteiger partial charge on any atom is 0.134 e. The van der Waals surface area contributed by atoms with Crippen molar-refractivity contribution >= 4 is 21.9 Å². The highest BCUT2D eigenvalue weighted by atomic mass is 16.5. The molecule has 1 aliphatic carbocycles. The van der Waals surface area contributed by atoms with E-state index in [1.54, 1.807) is 5.56 Å². The SMILES string of the molecule is CC(C)CCn1ncc2ccccc21.CC(C)CN1CCc2ccccc2C1.CC(C)Cc1cc2ccccc2o1.CC(C)OC1CCc2ccccc21. The Bertz CT molecular complexity index is 1950. The largest absolute Gasteiger partial charge is 0.461 e. The first kappa shape index (κ1) is 41.0. The van der Waals surface area contributed by atoms with Gasteiger partial charge in [0, 0.05) is 43.4 Å². The summed E-state index contributed by atoms with van der Waals surface area (Å²) < 4.78 is 13.6. The molecular weight excluding hydrogens is 663 g/mol. The molecule has 1 unspecified atom stereocenters. The van der Waals surface area contributed by atoms with E-state index in [0.717, 1.165) is 49.1 Å². The van der Waals surface area contributed by atoms with Crippen molar-refractivity contribution in [1.82, 2.24) is 14.7 Å². The zero-order chi connectivity index (χ0) is 38.5. The number of nitrogens with zero attached hydrogens (tertiary/aromatic N) is 3. The molecular formula is C49H65N3O2. The van der Waals surface area contributed by atoms with E-state index in [9.17, 15) is 0 Å². The number of hydrogen-bond acceptors (Lipinski definition) is 4. The number of para-hydroxylation sites is 2. The molecule has 8 rings (SSSR count). The van der Waals surface area contributed by atoms with Gasteiger partial charge in [-0.2, -0.15) is 5.10 Å². The molecule has 54 heavy (non-hydrogen) atoms. The van der Waals surface area contributed by atoms with E-state index in [4.69, 9.17) is 9.15 Å². The Hall–Kier alpha value is -4.19. The van der Waals surface area contributed by atoms with Crippen LogP contribution in [0.1, 0.15) is 102 Å². The average molecular weight is 728 g/mol. The first-order valence-corrected chi connectivity index (χ1v) is 20.5. The van der Waals surface area contributed by atoms with E-state index < -0.39 is 0 Å². The van der Waals surface area contributed by atoms with Crippen LogP contribution in [-0.2, 0) is 37.1 Å². The van der Waals surface area contributed by atoms with Gasteiger partial charge in [-0.25, -0.2) is 0 Å². The molecule has 0 amide bonds. The van der Waals surface area contributed by atoms with Gasteiger partial charge in [0.2, 0.25) is 0 Å². The molecule has 5 nitrogen and oxygen atoms in total. The predicted octanol–water partition coefficient (Wildman–Crippen LogP) is 12.5. The molecule has 2 aromatic heterocycles. The first-order chi connectivity index (χ1) is 26.0. The molecule has 0 spiro atoms.